The lowest BCUT2D eigenvalue weighted by molar-refractivity contribution is -0.121. The highest BCUT2D eigenvalue weighted by molar-refractivity contribution is 7.98. The van der Waals surface area contributed by atoms with Crippen molar-refractivity contribution in [3.05, 3.63) is 50.9 Å². The number of aromatic amines is 1. The van der Waals surface area contributed by atoms with Gasteiger partial charge in [-0.15, -0.1) is 0 Å². The highest BCUT2D eigenvalue weighted by Crippen LogP contribution is 2.15. The van der Waals surface area contributed by atoms with Gasteiger partial charge in [0.15, 0.2) is 5.16 Å². The first-order valence-corrected chi connectivity index (χ1v) is 9.73. The molecule has 6 nitrogen and oxygen atoms in total. The zero-order valence-electron chi connectivity index (χ0n) is 15.6. The van der Waals surface area contributed by atoms with Crippen LogP contribution >= 0.6 is 11.8 Å². The predicted octanol–water partition coefficient (Wildman–Crippen LogP) is 2.54. The SMILES string of the molecule is CSc1nc(C)c(CCC(=O)NCCOc2cc(C)cc(C)c2)c(=O)[nH]1. The van der Waals surface area contributed by atoms with Gasteiger partial charge in [0.2, 0.25) is 5.91 Å². The van der Waals surface area contributed by atoms with Crippen molar-refractivity contribution in [3.8, 4) is 5.75 Å². The third-order valence-corrected chi connectivity index (χ3v) is 4.46. The Morgan fingerprint density at radius 2 is 1.92 bits per heavy atom. The number of ether oxygens (including phenoxy) is 1. The number of thioether (sulfide) groups is 1. The van der Waals surface area contributed by atoms with Crippen molar-refractivity contribution < 1.29 is 9.53 Å². The quantitative estimate of drug-likeness (QED) is 0.421. The minimum Gasteiger partial charge on any atom is -0.492 e. The Morgan fingerprint density at radius 1 is 1.23 bits per heavy atom. The highest BCUT2D eigenvalue weighted by atomic mass is 32.2. The normalized spacial score (nSPS) is 10.6. The molecule has 0 aliphatic rings. The lowest BCUT2D eigenvalue weighted by Gasteiger charge is -2.10. The molecule has 1 aromatic carbocycles. The van der Waals surface area contributed by atoms with Crippen LogP contribution in [-0.4, -0.2) is 35.3 Å². The van der Waals surface area contributed by atoms with Crippen molar-refractivity contribution in [2.24, 2.45) is 0 Å². The Bertz CT molecular complexity index is 813. The first-order chi connectivity index (χ1) is 12.4. The van der Waals surface area contributed by atoms with Gasteiger partial charge in [-0.2, -0.15) is 0 Å². The van der Waals surface area contributed by atoms with Gasteiger partial charge in [0.05, 0.1) is 6.54 Å². The van der Waals surface area contributed by atoms with Gasteiger partial charge in [-0.1, -0.05) is 17.8 Å². The van der Waals surface area contributed by atoms with E-state index in [9.17, 15) is 9.59 Å². The average Bonchev–Trinajstić information content (AvgIpc) is 2.57. The molecule has 0 aliphatic heterocycles. The van der Waals surface area contributed by atoms with Crippen LogP contribution in [0.25, 0.3) is 0 Å². The molecular formula is C19H25N3O3S. The molecule has 0 atom stereocenters. The molecule has 2 N–H and O–H groups in total. The average molecular weight is 375 g/mol. The largest absolute Gasteiger partial charge is 0.492 e. The van der Waals surface area contributed by atoms with Crippen LogP contribution in [0, 0.1) is 20.8 Å². The van der Waals surface area contributed by atoms with Crippen molar-refractivity contribution in [1.82, 2.24) is 15.3 Å². The zero-order chi connectivity index (χ0) is 19.1. The summed E-state index contributed by atoms with van der Waals surface area (Å²) in [5.74, 6) is 0.695. The van der Waals surface area contributed by atoms with Crippen molar-refractivity contribution in [3.63, 3.8) is 0 Å². The monoisotopic (exact) mass is 375 g/mol. The molecule has 0 saturated carbocycles. The topological polar surface area (TPSA) is 84.1 Å². The maximum Gasteiger partial charge on any atom is 0.254 e. The Morgan fingerprint density at radius 3 is 2.54 bits per heavy atom. The van der Waals surface area contributed by atoms with Crippen molar-refractivity contribution in [2.45, 2.75) is 38.8 Å². The molecular weight excluding hydrogens is 350 g/mol. The van der Waals surface area contributed by atoms with E-state index in [0.29, 0.717) is 36.0 Å². The molecule has 26 heavy (non-hydrogen) atoms. The number of H-pyrrole nitrogens is 1. The molecule has 1 aromatic heterocycles. The Labute approximate surface area is 157 Å². The van der Waals surface area contributed by atoms with E-state index in [1.54, 1.807) is 6.92 Å². The molecule has 0 fully saturated rings. The number of aromatic nitrogens is 2. The van der Waals surface area contributed by atoms with Gasteiger partial charge in [-0.05, 0) is 56.7 Å². The van der Waals surface area contributed by atoms with E-state index in [1.165, 1.54) is 11.8 Å². The van der Waals surface area contributed by atoms with E-state index in [0.717, 1.165) is 16.9 Å². The van der Waals surface area contributed by atoms with Crippen LogP contribution < -0.4 is 15.6 Å². The number of hydrogen-bond donors (Lipinski definition) is 2. The summed E-state index contributed by atoms with van der Waals surface area (Å²) in [6.45, 7) is 6.65. The molecule has 0 bridgehead atoms. The summed E-state index contributed by atoms with van der Waals surface area (Å²) in [6, 6.07) is 6.02. The first-order valence-electron chi connectivity index (χ1n) is 8.50. The smallest absolute Gasteiger partial charge is 0.254 e. The van der Waals surface area contributed by atoms with Crippen molar-refractivity contribution >= 4 is 17.7 Å². The summed E-state index contributed by atoms with van der Waals surface area (Å²) in [6.07, 6.45) is 2.46. The highest BCUT2D eigenvalue weighted by Gasteiger charge is 2.10. The lowest BCUT2D eigenvalue weighted by atomic mass is 10.1. The van der Waals surface area contributed by atoms with Gasteiger partial charge >= 0.3 is 0 Å². The predicted molar refractivity (Wildman–Crippen MR) is 104 cm³/mol. The summed E-state index contributed by atoms with van der Waals surface area (Å²) in [5.41, 5.74) is 3.35. The summed E-state index contributed by atoms with van der Waals surface area (Å²) < 4.78 is 5.66. The van der Waals surface area contributed by atoms with Gasteiger partial charge in [0, 0.05) is 17.7 Å². The number of amides is 1. The van der Waals surface area contributed by atoms with Crippen molar-refractivity contribution in [1.29, 1.82) is 0 Å². The molecule has 140 valence electrons. The molecule has 0 saturated heterocycles. The van der Waals surface area contributed by atoms with E-state index in [-0.39, 0.29) is 17.9 Å². The summed E-state index contributed by atoms with van der Waals surface area (Å²) in [5, 5.41) is 3.40. The molecule has 2 rings (SSSR count). The van der Waals surface area contributed by atoms with E-state index in [1.807, 2.05) is 32.2 Å². The first kappa shape index (κ1) is 20.0. The summed E-state index contributed by atoms with van der Waals surface area (Å²) >= 11 is 1.38. The van der Waals surface area contributed by atoms with Gasteiger partial charge in [-0.25, -0.2) is 4.98 Å². The van der Waals surface area contributed by atoms with Crippen LogP contribution in [-0.2, 0) is 11.2 Å². The number of nitrogens with one attached hydrogen (secondary N) is 2. The van der Waals surface area contributed by atoms with Gasteiger partial charge in [0.25, 0.3) is 5.56 Å². The zero-order valence-corrected chi connectivity index (χ0v) is 16.5. The Hall–Kier alpha value is -2.28. The van der Waals surface area contributed by atoms with E-state index < -0.39 is 0 Å². The van der Waals surface area contributed by atoms with Crippen LogP contribution in [0.1, 0.15) is 28.8 Å². The molecule has 1 heterocycles. The second-order valence-corrected chi connectivity index (χ2v) is 6.96. The maximum absolute atomic E-state index is 12.0. The summed E-state index contributed by atoms with van der Waals surface area (Å²) in [4.78, 5) is 31.0. The molecule has 0 spiro atoms. The summed E-state index contributed by atoms with van der Waals surface area (Å²) in [7, 11) is 0. The van der Waals surface area contributed by atoms with Crippen molar-refractivity contribution in [2.75, 3.05) is 19.4 Å². The van der Waals surface area contributed by atoms with Crippen LogP contribution in [0.3, 0.4) is 0 Å². The van der Waals surface area contributed by atoms with Gasteiger partial charge < -0.3 is 15.0 Å². The third kappa shape index (κ3) is 5.91. The van der Waals surface area contributed by atoms with E-state index in [4.69, 9.17) is 4.74 Å². The fourth-order valence-electron chi connectivity index (χ4n) is 2.68. The van der Waals surface area contributed by atoms with Crippen LogP contribution in [0.15, 0.2) is 28.2 Å². The van der Waals surface area contributed by atoms with E-state index in [2.05, 4.69) is 21.4 Å². The number of carbonyl (C=O) groups excluding carboxylic acids is 1. The lowest BCUT2D eigenvalue weighted by Crippen LogP contribution is -2.29. The minimum absolute atomic E-state index is 0.109. The van der Waals surface area contributed by atoms with Crippen LogP contribution in [0.2, 0.25) is 0 Å². The number of carbonyl (C=O) groups is 1. The van der Waals surface area contributed by atoms with E-state index >= 15 is 0 Å². The third-order valence-electron chi connectivity index (χ3n) is 3.88. The fraction of sp³-hybridized carbons (Fsp3) is 0.421. The number of rotatable bonds is 8. The number of benzene rings is 1. The number of hydrogen-bond acceptors (Lipinski definition) is 5. The van der Waals surface area contributed by atoms with Gasteiger partial charge in [-0.3, -0.25) is 9.59 Å². The number of aryl methyl sites for hydroxylation is 3. The maximum atomic E-state index is 12.0. The molecule has 0 unspecified atom stereocenters. The minimum atomic E-state index is -0.173. The fourth-order valence-corrected chi connectivity index (χ4v) is 3.10. The Balaban J connectivity index is 1.76. The molecule has 0 aliphatic carbocycles. The van der Waals surface area contributed by atoms with Crippen LogP contribution in [0.4, 0.5) is 0 Å². The Kier molecular flexibility index (Phi) is 7.26. The molecule has 1 amide bonds. The molecule has 2 aromatic rings. The molecule has 7 heteroatoms. The second-order valence-electron chi connectivity index (χ2n) is 6.16. The standard InChI is InChI=1S/C19H25N3O3S/c1-12-9-13(2)11-15(10-12)25-8-7-20-17(23)6-5-16-14(3)21-19(26-4)22-18(16)24/h9-11H,5-8H2,1-4H3,(H,20,23)(H,21,22,24). The van der Waals surface area contributed by atoms with Crippen LogP contribution in [0.5, 0.6) is 5.75 Å². The molecule has 0 radical (unpaired) electrons. The van der Waals surface area contributed by atoms with Gasteiger partial charge in [0.1, 0.15) is 12.4 Å². The number of nitrogens with zero attached hydrogens (tertiary/aromatic N) is 1. The second kappa shape index (κ2) is 9.43.